The van der Waals surface area contributed by atoms with Crippen LogP contribution in [0.2, 0.25) is 0 Å². The minimum absolute atomic E-state index is 0.0305. The summed E-state index contributed by atoms with van der Waals surface area (Å²) in [7, 11) is 0. The van der Waals surface area contributed by atoms with E-state index in [9.17, 15) is 9.59 Å². The predicted molar refractivity (Wildman–Crippen MR) is 82.5 cm³/mol. The highest BCUT2D eigenvalue weighted by atomic mass is 16.1. The van der Waals surface area contributed by atoms with E-state index in [0.717, 1.165) is 31.3 Å². The number of nitrogens with one attached hydrogen (secondary N) is 1. The van der Waals surface area contributed by atoms with Crippen molar-refractivity contribution in [1.29, 1.82) is 5.26 Å². The number of hydrogen-bond acceptors (Lipinski definition) is 3. The molecule has 0 saturated heterocycles. The highest BCUT2D eigenvalue weighted by Crippen LogP contribution is 2.54. The van der Waals surface area contributed by atoms with E-state index in [0.29, 0.717) is 24.8 Å². The first-order valence-corrected chi connectivity index (χ1v) is 8.14. The molecule has 0 aromatic carbocycles. The average Bonchev–Trinajstić information content (AvgIpc) is 2.64. The Morgan fingerprint density at radius 2 is 2.27 bits per heavy atom. The smallest absolute Gasteiger partial charge is 0.243 e. The van der Waals surface area contributed by atoms with Gasteiger partial charge in [0.15, 0.2) is 5.78 Å². The summed E-state index contributed by atoms with van der Waals surface area (Å²) in [4.78, 5) is 24.4. The van der Waals surface area contributed by atoms with E-state index in [2.05, 4.69) is 18.3 Å². The lowest BCUT2D eigenvalue weighted by Crippen LogP contribution is -2.47. The molecule has 0 aromatic rings. The number of fused-ring (bicyclic) bond motifs is 3. The van der Waals surface area contributed by atoms with E-state index in [1.54, 1.807) is 12.2 Å². The fourth-order valence-corrected chi connectivity index (χ4v) is 4.65. The first kappa shape index (κ1) is 15.0. The van der Waals surface area contributed by atoms with Gasteiger partial charge < -0.3 is 5.32 Å². The standard InChI is InChI=1S/C18H22N2O2/c1-18-8-10-20-16(22)11-13(18)5-6-14-12(3-2-9-19)4-7-15(21)17(14)18/h4,7,11-12,14,17H,2-3,5-6,8,10H2,1H3,(H,20,22)/t12-,14+,17-,18+/m1/s1. The van der Waals surface area contributed by atoms with Crippen LogP contribution in [0.4, 0.5) is 0 Å². The molecule has 2 aliphatic carbocycles. The number of allylic oxidation sites excluding steroid dienone is 3. The van der Waals surface area contributed by atoms with Gasteiger partial charge in [-0.25, -0.2) is 0 Å². The Labute approximate surface area is 131 Å². The molecule has 3 rings (SSSR count). The van der Waals surface area contributed by atoms with Crippen molar-refractivity contribution in [2.24, 2.45) is 23.2 Å². The van der Waals surface area contributed by atoms with Crippen molar-refractivity contribution in [2.45, 2.75) is 39.0 Å². The average molecular weight is 298 g/mol. The number of carbonyl (C=O) groups is 2. The minimum atomic E-state index is -0.227. The molecule has 1 aliphatic heterocycles. The van der Waals surface area contributed by atoms with Gasteiger partial charge in [0.2, 0.25) is 5.91 Å². The third-order valence-corrected chi connectivity index (χ3v) is 5.80. The number of nitrogens with zero attached hydrogens (tertiary/aromatic N) is 1. The quantitative estimate of drug-likeness (QED) is 0.851. The highest BCUT2D eigenvalue weighted by molar-refractivity contribution is 5.95. The molecule has 0 bridgehead atoms. The molecule has 0 unspecified atom stereocenters. The van der Waals surface area contributed by atoms with Gasteiger partial charge in [-0.3, -0.25) is 9.59 Å². The van der Waals surface area contributed by atoms with Crippen LogP contribution >= 0.6 is 0 Å². The normalized spacial score (nSPS) is 37.3. The Hall–Kier alpha value is -1.89. The van der Waals surface area contributed by atoms with E-state index in [1.807, 2.05) is 6.08 Å². The van der Waals surface area contributed by atoms with Gasteiger partial charge in [-0.1, -0.05) is 18.6 Å². The molecule has 1 amide bonds. The van der Waals surface area contributed by atoms with Gasteiger partial charge in [0, 0.05) is 30.4 Å². The number of ketones is 1. The minimum Gasteiger partial charge on any atom is -0.353 e. The number of hydrogen-bond donors (Lipinski definition) is 1. The first-order valence-electron chi connectivity index (χ1n) is 8.14. The summed E-state index contributed by atoms with van der Waals surface area (Å²) in [5.41, 5.74) is 0.904. The van der Waals surface area contributed by atoms with Crippen LogP contribution in [0.15, 0.2) is 23.8 Å². The summed E-state index contributed by atoms with van der Waals surface area (Å²) in [5.74, 6) is 0.736. The lowest BCUT2D eigenvalue weighted by atomic mass is 9.53. The fraction of sp³-hybridized carbons (Fsp3) is 0.611. The molecular formula is C18H22N2O2. The van der Waals surface area contributed by atoms with Crippen LogP contribution in [0.25, 0.3) is 0 Å². The van der Waals surface area contributed by atoms with Crippen LogP contribution in [0, 0.1) is 34.5 Å². The van der Waals surface area contributed by atoms with Gasteiger partial charge in [0.05, 0.1) is 6.07 Å². The van der Waals surface area contributed by atoms with Crippen molar-refractivity contribution < 1.29 is 9.59 Å². The first-order chi connectivity index (χ1) is 10.6. The molecule has 0 radical (unpaired) electrons. The molecule has 1 heterocycles. The SMILES string of the molecule is C[C@]12CCNC(=O)C=C1CC[C@H]1[C@H](CCC#N)C=CC(=O)[C@@H]12. The van der Waals surface area contributed by atoms with Crippen LogP contribution in [-0.4, -0.2) is 18.2 Å². The molecule has 1 fully saturated rings. The summed E-state index contributed by atoms with van der Waals surface area (Å²) in [6.07, 6.45) is 9.45. The van der Waals surface area contributed by atoms with Crippen LogP contribution < -0.4 is 5.32 Å². The van der Waals surface area contributed by atoms with E-state index >= 15 is 0 Å². The second-order valence-electron chi connectivity index (χ2n) is 6.93. The Kier molecular flexibility index (Phi) is 3.90. The van der Waals surface area contributed by atoms with E-state index in [4.69, 9.17) is 5.26 Å². The second-order valence-corrected chi connectivity index (χ2v) is 6.93. The number of carbonyl (C=O) groups excluding carboxylic acids is 2. The Balaban J connectivity index is 1.96. The molecule has 116 valence electrons. The largest absolute Gasteiger partial charge is 0.353 e. The zero-order valence-electron chi connectivity index (χ0n) is 13.0. The molecule has 0 spiro atoms. The lowest BCUT2D eigenvalue weighted by Gasteiger charge is -2.50. The van der Waals surface area contributed by atoms with Crippen molar-refractivity contribution in [3.63, 3.8) is 0 Å². The van der Waals surface area contributed by atoms with Gasteiger partial charge in [-0.05, 0) is 43.6 Å². The number of nitriles is 1. The van der Waals surface area contributed by atoms with Crippen molar-refractivity contribution in [1.82, 2.24) is 5.32 Å². The third kappa shape index (κ3) is 2.39. The Morgan fingerprint density at radius 3 is 3.05 bits per heavy atom. The molecular weight excluding hydrogens is 276 g/mol. The van der Waals surface area contributed by atoms with Crippen molar-refractivity contribution >= 4 is 11.7 Å². The maximum Gasteiger partial charge on any atom is 0.243 e. The van der Waals surface area contributed by atoms with E-state index in [1.165, 1.54) is 0 Å². The topological polar surface area (TPSA) is 70.0 Å². The predicted octanol–water partition coefficient (Wildman–Crippen LogP) is 2.52. The summed E-state index contributed by atoms with van der Waals surface area (Å²) < 4.78 is 0. The number of amides is 1. The van der Waals surface area contributed by atoms with E-state index in [-0.39, 0.29) is 23.0 Å². The Bertz CT molecular complexity index is 599. The second kappa shape index (κ2) is 5.72. The van der Waals surface area contributed by atoms with E-state index < -0.39 is 0 Å². The zero-order valence-corrected chi connectivity index (χ0v) is 13.0. The van der Waals surface area contributed by atoms with Gasteiger partial charge in [-0.2, -0.15) is 5.26 Å². The van der Waals surface area contributed by atoms with Gasteiger partial charge >= 0.3 is 0 Å². The Morgan fingerprint density at radius 1 is 1.45 bits per heavy atom. The van der Waals surface area contributed by atoms with Crippen molar-refractivity contribution in [2.75, 3.05) is 6.54 Å². The summed E-state index contributed by atoms with van der Waals surface area (Å²) in [5, 5.41) is 11.7. The summed E-state index contributed by atoms with van der Waals surface area (Å²) >= 11 is 0. The monoisotopic (exact) mass is 298 g/mol. The molecule has 1 saturated carbocycles. The van der Waals surface area contributed by atoms with Gasteiger partial charge in [0.1, 0.15) is 0 Å². The molecule has 0 aromatic heterocycles. The molecule has 3 aliphatic rings. The molecule has 4 nitrogen and oxygen atoms in total. The molecule has 22 heavy (non-hydrogen) atoms. The van der Waals surface area contributed by atoms with Crippen LogP contribution in [0.3, 0.4) is 0 Å². The maximum atomic E-state index is 12.6. The van der Waals surface area contributed by atoms with Crippen LogP contribution in [-0.2, 0) is 9.59 Å². The third-order valence-electron chi connectivity index (χ3n) is 5.80. The molecule has 1 N–H and O–H groups in total. The fourth-order valence-electron chi connectivity index (χ4n) is 4.65. The highest BCUT2D eigenvalue weighted by Gasteiger charge is 2.51. The van der Waals surface area contributed by atoms with Crippen LogP contribution in [0.5, 0.6) is 0 Å². The summed E-state index contributed by atoms with van der Waals surface area (Å²) in [6.45, 7) is 2.77. The number of rotatable bonds is 2. The maximum absolute atomic E-state index is 12.6. The van der Waals surface area contributed by atoms with Crippen molar-refractivity contribution in [3.05, 3.63) is 23.8 Å². The zero-order chi connectivity index (χ0) is 15.7. The molecule has 4 heteroatoms. The summed E-state index contributed by atoms with van der Waals surface area (Å²) in [6, 6.07) is 2.22. The van der Waals surface area contributed by atoms with Gasteiger partial charge in [-0.15, -0.1) is 0 Å². The lowest BCUT2D eigenvalue weighted by molar-refractivity contribution is -0.127. The van der Waals surface area contributed by atoms with Crippen molar-refractivity contribution in [3.8, 4) is 6.07 Å². The molecule has 4 atom stereocenters. The van der Waals surface area contributed by atoms with Gasteiger partial charge in [0.25, 0.3) is 0 Å². The van der Waals surface area contributed by atoms with Crippen LogP contribution in [0.1, 0.15) is 39.0 Å².